The summed E-state index contributed by atoms with van der Waals surface area (Å²) in [6.07, 6.45) is 50.2. The maximum absolute atomic E-state index is 12.8. The smallest absolute Gasteiger partial charge is 0.463 e. The molecule has 4 N–H and O–H groups in total. The van der Waals surface area contributed by atoms with Crippen molar-refractivity contribution in [2.45, 2.75) is 257 Å². The second-order valence-corrected chi connectivity index (χ2v) is 22.7. The molecule has 0 saturated carbocycles. The number of allylic oxidation sites excluding steroid dienone is 10. The van der Waals surface area contributed by atoms with Gasteiger partial charge >= 0.3 is 33.6 Å². The number of carbonyl (C=O) groups excluding carboxylic acids is 3. The first-order chi connectivity index (χ1) is 37.2. The molecule has 0 spiro atoms. The van der Waals surface area contributed by atoms with Crippen LogP contribution < -0.4 is 0 Å². The Balaban J connectivity index is 4.58. The third kappa shape index (κ3) is 55.0. The van der Waals surface area contributed by atoms with E-state index in [9.17, 15) is 43.5 Å². The minimum Gasteiger partial charge on any atom is -0.463 e. The number of aliphatic hydroxyl groups excluding tert-OH is 2. The molecule has 0 saturated heterocycles. The van der Waals surface area contributed by atoms with Crippen molar-refractivity contribution in [1.82, 2.24) is 0 Å². The number of esters is 3. The second kappa shape index (κ2) is 53.9. The molecule has 0 rings (SSSR count). The second-order valence-electron chi connectivity index (χ2n) is 19.8. The molecular formula is C59H106O16P2. The van der Waals surface area contributed by atoms with Crippen LogP contribution in [0.3, 0.4) is 0 Å². The normalized spacial score (nSPS) is 14.9. The third-order valence-electron chi connectivity index (χ3n) is 12.2. The van der Waals surface area contributed by atoms with Gasteiger partial charge in [-0.2, -0.15) is 0 Å². The van der Waals surface area contributed by atoms with Crippen LogP contribution >= 0.6 is 15.6 Å². The topological polar surface area (TPSA) is 231 Å². The zero-order chi connectivity index (χ0) is 56.8. The summed E-state index contributed by atoms with van der Waals surface area (Å²) in [5, 5.41) is 20.4. The predicted octanol–water partition coefficient (Wildman–Crippen LogP) is 15.1. The average molecular weight is 1130 g/mol. The van der Waals surface area contributed by atoms with Gasteiger partial charge < -0.3 is 34.2 Å². The average Bonchev–Trinajstić information content (AvgIpc) is 3.40. The highest BCUT2D eigenvalue weighted by molar-refractivity contribution is 7.47. The van der Waals surface area contributed by atoms with Crippen LogP contribution in [-0.4, -0.2) is 95.9 Å². The number of unbranched alkanes of at least 4 members (excludes halogenated alkanes) is 23. The summed E-state index contributed by atoms with van der Waals surface area (Å²) in [5.74, 6) is -1.61. The number of ether oxygens (including phenoxy) is 3. The molecule has 0 bridgehead atoms. The van der Waals surface area contributed by atoms with Crippen molar-refractivity contribution in [3.05, 3.63) is 60.8 Å². The summed E-state index contributed by atoms with van der Waals surface area (Å²) in [7, 11) is -9.75. The molecule has 16 nitrogen and oxygen atoms in total. The van der Waals surface area contributed by atoms with Gasteiger partial charge in [-0.1, -0.05) is 184 Å². The van der Waals surface area contributed by atoms with E-state index in [-0.39, 0.29) is 19.3 Å². The lowest BCUT2D eigenvalue weighted by atomic mass is 10.1. The van der Waals surface area contributed by atoms with Gasteiger partial charge in [-0.3, -0.25) is 32.5 Å². The number of phosphoric acid groups is 2. The fraction of sp³-hybridized carbons (Fsp3) is 0.780. The Hall–Kier alpha value is -2.75. The van der Waals surface area contributed by atoms with Crippen molar-refractivity contribution < 1.29 is 75.8 Å². The maximum Gasteiger partial charge on any atom is 0.472 e. The van der Waals surface area contributed by atoms with Gasteiger partial charge in [0.2, 0.25) is 0 Å². The third-order valence-corrected chi connectivity index (χ3v) is 14.1. The summed E-state index contributed by atoms with van der Waals surface area (Å²) in [6.45, 7) is 2.50. The highest BCUT2D eigenvalue weighted by Gasteiger charge is 2.29. The molecule has 0 heterocycles. The van der Waals surface area contributed by atoms with Crippen LogP contribution in [0.1, 0.15) is 239 Å². The molecule has 0 aliphatic carbocycles. The molecule has 0 fully saturated rings. The molecule has 0 amide bonds. The van der Waals surface area contributed by atoms with Gasteiger partial charge in [0.05, 0.1) is 26.4 Å². The van der Waals surface area contributed by atoms with E-state index in [1.54, 1.807) is 0 Å². The van der Waals surface area contributed by atoms with Gasteiger partial charge in [0.25, 0.3) is 0 Å². The van der Waals surface area contributed by atoms with Gasteiger partial charge in [-0.15, -0.1) is 0 Å². The first-order valence-corrected chi connectivity index (χ1v) is 32.6. The molecule has 448 valence electrons. The van der Waals surface area contributed by atoms with Crippen LogP contribution in [0, 0.1) is 0 Å². The lowest BCUT2D eigenvalue weighted by Crippen LogP contribution is -2.30. The maximum atomic E-state index is 12.8. The molecule has 18 heteroatoms. The Bertz CT molecular complexity index is 1670. The lowest BCUT2D eigenvalue weighted by molar-refractivity contribution is -0.161. The molecule has 5 atom stereocenters. The first-order valence-electron chi connectivity index (χ1n) is 29.6. The molecule has 0 aliphatic rings. The minimum absolute atomic E-state index is 0.0940. The molecule has 0 aliphatic heterocycles. The van der Waals surface area contributed by atoms with E-state index in [4.69, 9.17) is 32.3 Å². The molecule has 5 unspecified atom stereocenters. The summed E-state index contributed by atoms with van der Waals surface area (Å²) in [5.41, 5.74) is 0. The summed E-state index contributed by atoms with van der Waals surface area (Å²) >= 11 is 0. The van der Waals surface area contributed by atoms with E-state index < -0.39 is 91.5 Å². The van der Waals surface area contributed by atoms with Gasteiger partial charge in [0.1, 0.15) is 25.4 Å². The lowest BCUT2D eigenvalue weighted by Gasteiger charge is -2.21. The predicted molar refractivity (Wildman–Crippen MR) is 307 cm³/mol. The first kappa shape index (κ1) is 74.2. The number of carbonyl (C=O) groups is 3. The Morgan fingerprint density at radius 2 is 0.662 bits per heavy atom. The zero-order valence-corrected chi connectivity index (χ0v) is 49.7. The van der Waals surface area contributed by atoms with Gasteiger partial charge in [-0.25, -0.2) is 9.13 Å². The fourth-order valence-electron chi connectivity index (χ4n) is 7.54. The number of aliphatic hydroxyl groups is 2. The molecule has 77 heavy (non-hydrogen) atoms. The van der Waals surface area contributed by atoms with Crippen LogP contribution in [0.15, 0.2) is 60.8 Å². The Labute approximate surface area is 465 Å². The Morgan fingerprint density at radius 1 is 0.364 bits per heavy atom. The van der Waals surface area contributed by atoms with E-state index in [0.717, 1.165) is 128 Å². The van der Waals surface area contributed by atoms with Crippen LogP contribution in [0.4, 0.5) is 0 Å². The molecule has 0 aromatic carbocycles. The van der Waals surface area contributed by atoms with Crippen LogP contribution in [0.2, 0.25) is 0 Å². The van der Waals surface area contributed by atoms with Crippen molar-refractivity contribution in [3.8, 4) is 0 Å². The Kier molecular flexibility index (Phi) is 51.9. The van der Waals surface area contributed by atoms with E-state index in [1.165, 1.54) is 51.4 Å². The van der Waals surface area contributed by atoms with Crippen LogP contribution in [0.5, 0.6) is 0 Å². The molecule has 0 aromatic heterocycles. The van der Waals surface area contributed by atoms with Crippen molar-refractivity contribution in [1.29, 1.82) is 0 Å². The molecular weight excluding hydrogens is 1030 g/mol. The van der Waals surface area contributed by atoms with E-state index in [2.05, 4.69) is 81.5 Å². The van der Waals surface area contributed by atoms with E-state index in [1.807, 2.05) is 0 Å². The summed E-state index contributed by atoms with van der Waals surface area (Å²) in [4.78, 5) is 57.9. The van der Waals surface area contributed by atoms with Gasteiger partial charge in [-0.05, 0) is 96.3 Å². The quantitative estimate of drug-likeness (QED) is 0.0146. The van der Waals surface area contributed by atoms with Gasteiger partial charge in [0.15, 0.2) is 6.10 Å². The zero-order valence-electron chi connectivity index (χ0n) is 47.9. The molecule has 0 aromatic rings. The van der Waals surface area contributed by atoms with Crippen molar-refractivity contribution >= 4 is 33.6 Å². The van der Waals surface area contributed by atoms with Gasteiger partial charge in [0, 0.05) is 19.3 Å². The number of hydrogen-bond acceptors (Lipinski definition) is 14. The minimum atomic E-state index is -4.91. The SMILES string of the molecule is CCCC/C=C\CCCCCCCC(=O)OCC(COP(=O)(O)OCC(O)COP(=O)(O)OCC(O)COC(=O)CCCCCCCC/C=C\C/C=C\C/C=C\CCCCC)OC(=O)CCCCCCC/C=C\CCCC. The highest BCUT2D eigenvalue weighted by atomic mass is 31.2. The highest BCUT2D eigenvalue weighted by Crippen LogP contribution is 2.45. The largest absolute Gasteiger partial charge is 0.472 e. The van der Waals surface area contributed by atoms with Crippen LogP contribution in [-0.2, 0) is 55.8 Å². The Morgan fingerprint density at radius 3 is 1.08 bits per heavy atom. The summed E-state index contributed by atoms with van der Waals surface area (Å²) in [6, 6.07) is 0. The molecule has 0 radical (unpaired) electrons. The van der Waals surface area contributed by atoms with E-state index in [0.29, 0.717) is 19.3 Å². The van der Waals surface area contributed by atoms with Crippen molar-refractivity contribution in [2.24, 2.45) is 0 Å². The van der Waals surface area contributed by atoms with Crippen molar-refractivity contribution in [2.75, 3.05) is 39.6 Å². The number of hydrogen-bond donors (Lipinski definition) is 4. The van der Waals surface area contributed by atoms with Crippen LogP contribution in [0.25, 0.3) is 0 Å². The number of rotatable bonds is 56. The van der Waals surface area contributed by atoms with Crippen molar-refractivity contribution in [3.63, 3.8) is 0 Å². The number of phosphoric ester groups is 2. The summed E-state index contributed by atoms with van der Waals surface area (Å²) < 4.78 is 60.4. The fourth-order valence-corrected chi connectivity index (χ4v) is 9.12. The van der Waals surface area contributed by atoms with E-state index >= 15 is 0 Å². The monoisotopic (exact) mass is 1130 g/mol. The standard InChI is InChI=1S/C59H106O16P2/c1-4-7-10-13-16-19-22-23-24-25-26-27-28-29-32-34-36-39-42-45-57(62)69-48-54(60)49-71-76(65,66)72-50-55(61)51-73-77(67,68)74-53-56(75-59(64)47-44-41-38-35-31-21-18-15-12-9-6-3)52-70-58(63)46-43-40-37-33-30-20-17-14-11-8-5-2/h14-19,23-24,26-27,54-56,60-61H,4-13,20-22,25,28-53H2,1-3H3,(H,65,66)(H,67,68)/b17-14-,18-15-,19-16-,24-23-,27-26-.